The minimum absolute atomic E-state index is 0.214. The molecule has 1 atom stereocenters. The van der Waals surface area contributed by atoms with Crippen LogP contribution in [0.1, 0.15) is 12.5 Å². The Morgan fingerprint density at radius 3 is 2.50 bits per heavy atom. The maximum absolute atomic E-state index is 11.7. The Kier molecular flexibility index (Phi) is 3.32. The molecule has 2 rings (SSSR count). The Morgan fingerprint density at radius 2 is 1.89 bits per heavy atom. The van der Waals surface area contributed by atoms with E-state index in [1.165, 1.54) is 0 Å². The van der Waals surface area contributed by atoms with Gasteiger partial charge in [-0.25, -0.2) is 0 Å². The highest BCUT2D eigenvalue weighted by Gasteiger charge is 2.25. The summed E-state index contributed by atoms with van der Waals surface area (Å²) >= 11 is 0. The lowest BCUT2D eigenvalue weighted by molar-refractivity contribution is -0.130. The van der Waals surface area contributed by atoms with E-state index in [2.05, 4.69) is 10.6 Å². The normalized spacial score (nSPS) is 21.4. The van der Waals surface area contributed by atoms with Gasteiger partial charge in [-0.15, -0.1) is 0 Å². The molecule has 0 radical (unpaired) electrons. The second-order valence-electron chi connectivity index (χ2n) is 4.02. The van der Waals surface area contributed by atoms with Gasteiger partial charge in [0.05, 0.1) is 7.11 Å². The minimum Gasteiger partial charge on any atom is -0.497 e. The SMILES string of the molecule is COc1ccc(/C=C2/NC(=O)C(C)NC2=O)cc1. The number of nitrogens with one attached hydrogen (secondary N) is 2. The van der Waals surface area contributed by atoms with Gasteiger partial charge in [0.1, 0.15) is 17.5 Å². The van der Waals surface area contributed by atoms with Crippen LogP contribution in [-0.2, 0) is 9.59 Å². The fraction of sp³-hybridized carbons (Fsp3) is 0.231. The second-order valence-corrected chi connectivity index (χ2v) is 4.02. The zero-order chi connectivity index (χ0) is 13.1. The topological polar surface area (TPSA) is 67.4 Å². The van der Waals surface area contributed by atoms with Gasteiger partial charge in [-0.3, -0.25) is 9.59 Å². The van der Waals surface area contributed by atoms with Crippen molar-refractivity contribution in [3.05, 3.63) is 35.5 Å². The van der Waals surface area contributed by atoms with Crippen LogP contribution in [0.5, 0.6) is 5.75 Å². The van der Waals surface area contributed by atoms with Crippen LogP contribution in [0.15, 0.2) is 30.0 Å². The van der Waals surface area contributed by atoms with Gasteiger partial charge in [0.2, 0.25) is 5.91 Å². The number of hydrogen-bond donors (Lipinski definition) is 2. The van der Waals surface area contributed by atoms with E-state index in [4.69, 9.17) is 4.74 Å². The van der Waals surface area contributed by atoms with Crippen molar-refractivity contribution in [3.8, 4) is 5.75 Å². The van der Waals surface area contributed by atoms with E-state index in [0.29, 0.717) is 0 Å². The molecule has 0 aromatic heterocycles. The lowest BCUT2D eigenvalue weighted by Crippen LogP contribution is -2.53. The molecule has 5 heteroatoms. The van der Waals surface area contributed by atoms with Gasteiger partial charge in [0, 0.05) is 0 Å². The summed E-state index contributed by atoms with van der Waals surface area (Å²) in [6, 6.07) is 6.70. The van der Waals surface area contributed by atoms with Gasteiger partial charge in [-0.2, -0.15) is 0 Å². The largest absolute Gasteiger partial charge is 0.497 e. The molecule has 1 aliphatic heterocycles. The summed E-state index contributed by atoms with van der Waals surface area (Å²) in [5.41, 5.74) is 1.07. The maximum atomic E-state index is 11.7. The first-order valence-corrected chi connectivity index (χ1v) is 5.57. The quantitative estimate of drug-likeness (QED) is 0.754. The molecule has 5 nitrogen and oxygen atoms in total. The lowest BCUT2D eigenvalue weighted by Gasteiger charge is -2.21. The van der Waals surface area contributed by atoms with Crippen LogP contribution < -0.4 is 15.4 Å². The maximum Gasteiger partial charge on any atom is 0.268 e. The van der Waals surface area contributed by atoms with Crippen molar-refractivity contribution in [2.45, 2.75) is 13.0 Å². The first-order chi connectivity index (χ1) is 8.60. The first-order valence-electron chi connectivity index (χ1n) is 5.57. The van der Waals surface area contributed by atoms with E-state index in [9.17, 15) is 9.59 Å². The average Bonchev–Trinajstić information content (AvgIpc) is 2.37. The summed E-state index contributed by atoms with van der Waals surface area (Å²) < 4.78 is 5.04. The van der Waals surface area contributed by atoms with Crippen LogP contribution in [0.25, 0.3) is 6.08 Å². The Balaban J connectivity index is 2.21. The Hall–Kier alpha value is -2.30. The highest BCUT2D eigenvalue weighted by Crippen LogP contribution is 2.14. The van der Waals surface area contributed by atoms with Crippen molar-refractivity contribution >= 4 is 17.9 Å². The van der Waals surface area contributed by atoms with Gasteiger partial charge >= 0.3 is 0 Å². The van der Waals surface area contributed by atoms with Crippen molar-refractivity contribution in [1.82, 2.24) is 10.6 Å². The number of methoxy groups -OCH3 is 1. The number of carbonyl (C=O) groups excluding carboxylic acids is 2. The third-order valence-corrected chi connectivity index (χ3v) is 2.67. The van der Waals surface area contributed by atoms with Crippen LogP contribution in [0, 0.1) is 0 Å². The molecular formula is C13H14N2O3. The molecule has 1 aromatic carbocycles. The van der Waals surface area contributed by atoms with E-state index in [-0.39, 0.29) is 17.5 Å². The molecule has 0 saturated carbocycles. The molecule has 2 amide bonds. The van der Waals surface area contributed by atoms with Crippen molar-refractivity contribution in [2.75, 3.05) is 7.11 Å². The van der Waals surface area contributed by atoms with E-state index in [0.717, 1.165) is 11.3 Å². The molecule has 1 aliphatic rings. The summed E-state index contributed by atoms with van der Waals surface area (Å²) in [5, 5.41) is 5.15. The van der Waals surface area contributed by atoms with E-state index < -0.39 is 6.04 Å². The third-order valence-electron chi connectivity index (χ3n) is 2.67. The standard InChI is InChI=1S/C13H14N2O3/c1-8-12(16)15-11(13(17)14-8)7-9-3-5-10(18-2)6-4-9/h3-8H,1-2H3,(H,14,17)(H,15,16)/b11-7+. The zero-order valence-electron chi connectivity index (χ0n) is 10.2. The Morgan fingerprint density at radius 1 is 1.22 bits per heavy atom. The average molecular weight is 246 g/mol. The summed E-state index contributed by atoms with van der Waals surface area (Å²) in [4.78, 5) is 23.1. The predicted molar refractivity (Wildman–Crippen MR) is 66.7 cm³/mol. The number of hydrogen-bond acceptors (Lipinski definition) is 3. The van der Waals surface area contributed by atoms with Crippen molar-refractivity contribution in [2.24, 2.45) is 0 Å². The van der Waals surface area contributed by atoms with Gasteiger partial charge < -0.3 is 15.4 Å². The molecule has 1 saturated heterocycles. The van der Waals surface area contributed by atoms with E-state index in [1.807, 2.05) is 12.1 Å². The van der Waals surface area contributed by atoms with E-state index >= 15 is 0 Å². The molecule has 0 aliphatic carbocycles. The minimum atomic E-state index is -0.495. The number of amides is 2. The fourth-order valence-corrected chi connectivity index (χ4v) is 1.61. The van der Waals surface area contributed by atoms with Crippen molar-refractivity contribution < 1.29 is 14.3 Å². The summed E-state index contributed by atoms with van der Waals surface area (Å²) in [5.74, 6) is 0.246. The number of rotatable bonds is 2. The van der Waals surface area contributed by atoms with Crippen LogP contribution >= 0.6 is 0 Å². The van der Waals surface area contributed by atoms with Crippen LogP contribution in [-0.4, -0.2) is 25.0 Å². The van der Waals surface area contributed by atoms with Gasteiger partial charge in [0.25, 0.3) is 5.91 Å². The second kappa shape index (κ2) is 4.91. The van der Waals surface area contributed by atoms with Crippen LogP contribution in [0.2, 0.25) is 0 Å². The molecule has 18 heavy (non-hydrogen) atoms. The van der Waals surface area contributed by atoms with E-state index in [1.54, 1.807) is 32.2 Å². The van der Waals surface area contributed by atoms with Gasteiger partial charge in [0.15, 0.2) is 0 Å². The highest BCUT2D eigenvalue weighted by molar-refractivity contribution is 6.07. The predicted octanol–water partition coefficient (Wildman–Crippen LogP) is 0.671. The molecule has 0 bridgehead atoms. The van der Waals surface area contributed by atoms with Gasteiger partial charge in [-0.1, -0.05) is 12.1 Å². The molecule has 1 unspecified atom stereocenters. The lowest BCUT2D eigenvalue weighted by atomic mass is 10.1. The number of carbonyl (C=O) groups is 2. The highest BCUT2D eigenvalue weighted by atomic mass is 16.5. The molecule has 94 valence electrons. The zero-order valence-corrected chi connectivity index (χ0v) is 10.2. The molecule has 2 N–H and O–H groups in total. The van der Waals surface area contributed by atoms with Crippen molar-refractivity contribution in [3.63, 3.8) is 0 Å². The van der Waals surface area contributed by atoms with Gasteiger partial charge in [-0.05, 0) is 30.7 Å². The number of piperazine rings is 1. The smallest absolute Gasteiger partial charge is 0.268 e. The number of benzene rings is 1. The Labute approximate surface area is 105 Å². The number of ether oxygens (including phenoxy) is 1. The van der Waals surface area contributed by atoms with Crippen LogP contribution in [0.3, 0.4) is 0 Å². The molecular weight excluding hydrogens is 232 g/mol. The van der Waals surface area contributed by atoms with Crippen molar-refractivity contribution in [1.29, 1.82) is 0 Å². The molecule has 1 fully saturated rings. The Bertz CT molecular complexity index is 505. The third kappa shape index (κ3) is 2.51. The summed E-state index contributed by atoms with van der Waals surface area (Å²) in [7, 11) is 1.59. The monoisotopic (exact) mass is 246 g/mol. The summed E-state index contributed by atoms with van der Waals surface area (Å²) in [6.07, 6.45) is 1.62. The molecule has 1 aromatic rings. The summed E-state index contributed by atoms with van der Waals surface area (Å²) in [6.45, 7) is 1.64. The first kappa shape index (κ1) is 12.2. The molecule has 0 spiro atoms. The van der Waals surface area contributed by atoms with Crippen LogP contribution in [0.4, 0.5) is 0 Å². The molecule has 1 heterocycles. The fourth-order valence-electron chi connectivity index (χ4n) is 1.61.